The van der Waals surface area contributed by atoms with Crippen molar-refractivity contribution in [1.82, 2.24) is 4.90 Å². The van der Waals surface area contributed by atoms with Crippen molar-refractivity contribution < 1.29 is 4.79 Å². The highest BCUT2D eigenvalue weighted by molar-refractivity contribution is 9.09. The molecule has 3 heteroatoms. The van der Waals surface area contributed by atoms with Crippen LogP contribution in [0.25, 0.3) is 0 Å². The van der Waals surface area contributed by atoms with Gasteiger partial charge in [-0.25, -0.2) is 0 Å². The van der Waals surface area contributed by atoms with Crippen LogP contribution >= 0.6 is 15.9 Å². The first-order valence-corrected chi connectivity index (χ1v) is 5.64. The Bertz CT molecular complexity index is 180. The number of rotatable bonds is 6. The first kappa shape index (κ1) is 12.7. The molecular weight excluding hydrogens is 230 g/mol. The summed E-state index contributed by atoms with van der Waals surface area (Å²) in [6.07, 6.45) is 2.67. The van der Waals surface area contributed by atoms with Crippen molar-refractivity contribution in [2.24, 2.45) is 0 Å². The van der Waals surface area contributed by atoms with Crippen LogP contribution in [0.15, 0.2) is 12.2 Å². The normalized spacial score (nSPS) is 9.77. The number of carbonyl (C=O) groups excluding carboxylic acids is 1. The zero-order chi connectivity index (χ0) is 10.3. The smallest absolute Gasteiger partial charge is 0.222 e. The molecule has 0 aliphatic rings. The number of nitrogens with zero attached hydrogens (tertiary/aromatic N) is 1. The summed E-state index contributed by atoms with van der Waals surface area (Å²) in [6.45, 7) is 6.38. The fourth-order valence-corrected chi connectivity index (χ4v) is 1.45. The molecule has 0 fully saturated rings. The Hall–Kier alpha value is -0.310. The Balaban J connectivity index is 3.63. The summed E-state index contributed by atoms with van der Waals surface area (Å²) in [6, 6.07) is 0. The predicted octanol–water partition coefficient (Wildman–Crippen LogP) is 2.59. The molecule has 0 radical (unpaired) electrons. The first-order chi connectivity index (χ1) is 6.07. The average molecular weight is 248 g/mol. The average Bonchev–Trinajstić information content (AvgIpc) is 2.03. The number of unbranched alkanes of at least 4 members (excludes halogenated alkanes) is 1. The lowest BCUT2D eigenvalue weighted by Crippen LogP contribution is -2.27. The molecule has 0 saturated heterocycles. The number of likely N-dealkylation sites (N-methyl/N-ethyl adjacent to an activating group) is 1. The van der Waals surface area contributed by atoms with E-state index in [1.807, 2.05) is 14.0 Å². The van der Waals surface area contributed by atoms with Crippen LogP contribution < -0.4 is 0 Å². The molecular formula is C10H18BrNO. The number of hydrogen-bond acceptors (Lipinski definition) is 1. The molecule has 0 atom stereocenters. The van der Waals surface area contributed by atoms with Crippen LogP contribution in [0.4, 0.5) is 0 Å². The second kappa shape index (κ2) is 7.13. The van der Waals surface area contributed by atoms with E-state index in [2.05, 4.69) is 22.5 Å². The molecule has 0 aromatic rings. The van der Waals surface area contributed by atoms with E-state index >= 15 is 0 Å². The van der Waals surface area contributed by atoms with Crippen LogP contribution in [0, 0.1) is 0 Å². The standard InChI is InChI=1S/C10H18BrNO/c1-9(2)8-12(3)10(13)6-4-5-7-11/h1,4-8H2,2-3H3. The third-order valence-corrected chi connectivity index (χ3v) is 2.27. The third kappa shape index (κ3) is 6.82. The minimum absolute atomic E-state index is 0.212. The lowest BCUT2D eigenvalue weighted by molar-refractivity contribution is -0.129. The number of carbonyl (C=O) groups is 1. The maximum atomic E-state index is 11.4. The van der Waals surface area contributed by atoms with Crippen molar-refractivity contribution in [3.63, 3.8) is 0 Å². The third-order valence-electron chi connectivity index (χ3n) is 1.71. The summed E-state index contributed by atoms with van der Waals surface area (Å²) < 4.78 is 0. The fraction of sp³-hybridized carbons (Fsp3) is 0.700. The summed E-state index contributed by atoms with van der Waals surface area (Å²) in [7, 11) is 1.82. The molecule has 13 heavy (non-hydrogen) atoms. The van der Waals surface area contributed by atoms with E-state index in [0.717, 1.165) is 23.7 Å². The quantitative estimate of drug-likeness (QED) is 0.402. The summed E-state index contributed by atoms with van der Waals surface area (Å²) >= 11 is 3.34. The van der Waals surface area contributed by atoms with Crippen LogP contribution in [-0.4, -0.2) is 29.7 Å². The zero-order valence-corrected chi connectivity index (χ0v) is 10.1. The van der Waals surface area contributed by atoms with Gasteiger partial charge in [-0.2, -0.15) is 0 Å². The molecule has 0 aliphatic heterocycles. The Kier molecular flexibility index (Phi) is 6.96. The molecule has 0 heterocycles. The summed E-state index contributed by atoms with van der Waals surface area (Å²) in [5, 5.41) is 0.977. The maximum absolute atomic E-state index is 11.4. The highest BCUT2D eigenvalue weighted by atomic mass is 79.9. The maximum Gasteiger partial charge on any atom is 0.222 e. The van der Waals surface area contributed by atoms with E-state index in [9.17, 15) is 4.79 Å². The number of amides is 1. The second-order valence-corrected chi connectivity index (χ2v) is 4.15. The number of alkyl halides is 1. The molecule has 0 aromatic carbocycles. The van der Waals surface area contributed by atoms with Gasteiger partial charge in [0.15, 0.2) is 0 Å². The Morgan fingerprint density at radius 3 is 2.54 bits per heavy atom. The van der Waals surface area contributed by atoms with Gasteiger partial charge in [-0.05, 0) is 19.8 Å². The van der Waals surface area contributed by atoms with Gasteiger partial charge in [0.1, 0.15) is 0 Å². The Morgan fingerprint density at radius 2 is 2.08 bits per heavy atom. The van der Waals surface area contributed by atoms with Crippen LogP contribution in [0.1, 0.15) is 26.2 Å². The van der Waals surface area contributed by atoms with E-state index in [1.165, 1.54) is 0 Å². The molecule has 0 aliphatic carbocycles. The minimum Gasteiger partial charge on any atom is -0.342 e. The largest absolute Gasteiger partial charge is 0.342 e. The molecule has 0 saturated carbocycles. The van der Waals surface area contributed by atoms with E-state index in [4.69, 9.17) is 0 Å². The molecule has 0 N–H and O–H groups in total. The van der Waals surface area contributed by atoms with Crippen molar-refractivity contribution in [1.29, 1.82) is 0 Å². The van der Waals surface area contributed by atoms with Crippen LogP contribution in [-0.2, 0) is 4.79 Å². The van der Waals surface area contributed by atoms with Crippen molar-refractivity contribution in [3.05, 3.63) is 12.2 Å². The zero-order valence-electron chi connectivity index (χ0n) is 8.48. The summed E-state index contributed by atoms with van der Waals surface area (Å²) in [5.74, 6) is 0.212. The van der Waals surface area contributed by atoms with E-state index < -0.39 is 0 Å². The van der Waals surface area contributed by atoms with Gasteiger partial charge in [0.2, 0.25) is 5.91 Å². The highest BCUT2D eigenvalue weighted by Gasteiger charge is 2.07. The molecule has 0 aromatic heterocycles. The van der Waals surface area contributed by atoms with Crippen LogP contribution in [0.5, 0.6) is 0 Å². The van der Waals surface area contributed by atoms with Gasteiger partial charge in [-0.15, -0.1) is 0 Å². The van der Waals surface area contributed by atoms with Crippen LogP contribution in [0.2, 0.25) is 0 Å². The fourth-order valence-electron chi connectivity index (χ4n) is 1.05. The lowest BCUT2D eigenvalue weighted by atomic mass is 10.2. The van der Waals surface area contributed by atoms with E-state index in [1.54, 1.807) is 4.90 Å². The molecule has 0 unspecified atom stereocenters. The molecule has 2 nitrogen and oxygen atoms in total. The Labute approximate surface area is 89.1 Å². The van der Waals surface area contributed by atoms with Crippen molar-refractivity contribution in [2.75, 3.05) is 18.9 Å². The van der Waals surface area contributed by atoms with Gasteiger partial charge in [-0.1, -0.05) is 28.1 Å². The summed E-state index contributed by atoms with van der Waals surface area (Å²) in [4.78, 5) is 13.2. The lowest BCUT2D eigenvalue weighted by Gasteiger charge is -2.16. The highest BCUT2D eigenvalue weighted by Crippen LogP contribution is 2.02. The van der Waals surface area contributed by atoms with Gasteiger partial charge in [0.05, 0.1) is 0 Å². The Morgan fingerprint density at radius 1 is 1.46 bits per heavy atom. The molecule has 1 amide bonds. The van der Waals surface area contributed by atoms with Gasteiger partial charge >= 0.3 is 0 Å². The molecule has 0 spiro atoms. The van der Waals surface area contributed by atoms with E-state index in [0.29, 0.717) is 13.0 Å². The van der Waals surface area contributed by atoms with Crippen molar-refractivity contribution in [3.8, 4) is 0 Å². The minimum atomic E-state index is 0.212. The van der Waals surface area contributed by atoms with Crippen molar-refractivity contribution in [2.45, 2.75) is 26.2 Å². The van der Waals surface area contributed by atoms with Gasteiger partial charge in [0.25, 0.3) is 0 Å². The van der Waals surface area contributed by atoms with Gasteiger partial charge in [-0.3, -0.25) is 4.79 Å². The number of hydrogen-bond donors (Lipinski definition) is 0. The second-order valence-electron chi connectivity index (χ2n) is 3.35. The SMILES string of the molecule is C=C(C)CN(C)C(=O)CCCCBr. The first-order valence-electron chi connectivity index (χ1n) is 4.52. The monoisotopic (exact) mass is 247 g/mol. The van der Waals surface area contributed by atoms with Gasteiger partial charge in [0, 0.05) is 25.3 Å². The molecule has 0 bridgehead atoms. The molecule has 0 rings (SSSR count). The van der Waals surface area contributed by atoms with Crippen LogP contribution in [0.3, 0.4) is 0 Å². The van der Waals surface area contributed by atoms with E-state index in [-0.39, 0.29) is 5.91 Å². The number of halogens is 1. The topological polar surface area (TPSA) is 20.3 Å². The van der Waals surface area contributed by atoms with Gasteiger partial charge < -0.3 is 4.90 Å². The molecule has 76 valence electrons. The van der Waals surface area contributed by atoms with Crippen molar-refractivity contribution >= 4 is 21.8 Å². The summed E-state index contributed by atoms with van der Waals surface area (Å²) in [5.41, 5.74) is 1.02. The predicted molar refractivity (Wildman–Crippen MR) is 60.1 cm³/mol.